The van der Waals surface area contributed by atoms with Gasteiger partial charge in [-0.25, -0.2) is 0 Å². The van der Waals surface area contributed by atoms with E-state index < -0.39 is 0 Å². The van der Waals surface area contributed by atoms with Gasteiger partial charge in [-0.05, 0) is 37.3 Å². The van der Waals surface area contributed by atoms with Crippen LogP contribution in [0, 0.1) is 23.0 Å². The van der Waals surface area contributed by atoms with Crippen LogP contribution in [0.15, 0.2) is 18.2 Å². The van der Waals surface area contributed by atoms with Crippen molar-refractivity contribution >= 4 is 11.4 Å². The van der Waals surface area contributed by atoms with Gasteiger partial charge in [0.25, 0.3) is 5.69 Å². The van der Waals surface area contributed by atoms with Gasteiger partial charge in [0.2, 0.25) is 0 Å². The first-order chi connectivity index (χ1) is 8.61. The molecule has 1 unspecified atom stereocenters. The predicted molar refractivity (Wildman–Crippen MR) is 69.8 cm³/mol. The number of methoxy groups -OCH3 is 1. The molecule has 5 nitrogen and oxygen atoms in total. The average Bonchev–Trinajstić information content (AvgIpc) is 3.12. The molecule has 5 heteroatoms. The summed E-state index contributed by atoms with van der Waals surface area (Å²) < 4.78 is 5.18. The summed E-state index contributed by atoms with van der Waals surface area (Å²) in [7, 11) is 1.65. The fourth-order valence-electron chi connectivity index (χ4n) is 2.10. The second kappa shape index (κ2) is 5.35. The van der Waals surface area contributed by atoms with Crippen molar-refractivity contribution in [2.24, 2.45) is 5.92 Å². The molecule has 0 aromatic heterocycles. The largest absolute Gasteiger partial charge is 0.383 e. The van der Waals surface area contributed by atoms with Crippen LogP contribution in [0.5, 0.6) is 0 Å². The summed E-state index contributed by atoms with van der Waals surface area (Å²) in [5.41, 5.74) is 1.73. The van der Waals surface area contributed by atoms with Crippen molar-refractivity contribution in [2.75, 3.05) is 19.0 Å². The molecule has 2 rings (SSSR count). The third-order valence-corrected chi connectivity index (χ3v) is 3.23. The van der Waals surface area contributed by atoms with Gasteiger partial charge >= 0.3 is 0 Å². The molecular weight excluding hydrogens is 232 g/mol. The van der Waals surface area contributed by atoms with Crippen molar-refractivity contribution in [1.29, 1.82) is 0 Å². The Kier molecular flexibility index (Phi) is 3.81. The quantitative estimate of drug-likeness (QED) is 0.622. The number of nitrogens with zero attached hydrogens (tertiary/aromatic N) is 1. The molecule has 1 saturated carbocycles. The maximum Gasteiger partial charge on any atom is 0.292 e. The summed E-state index contributed by atoms with van der Waals surface area (Å²) in [4.78, 5) is 10.6. The Hall–Kier alpha value is -1.62. The summed E-state index contributed by atoms with van der Waals surface area (Å²) in [5.74, 6) is 0.574. The van der Waals surface area contributed by atoms with Crippen LogP contribution in [0.2, 0.25) is 0 Å². The average molecular weight is 250 g/mol. The predicted octanol–water partition coefficient (Wildman–Crippen LogP) is 2.74. The lowest BCUT2D eigenvalue weighted by molar-refractivity contribution is -0.384. The van der Waals surface area contributed by atoms with Crippen molar-refractivity contribution in [2.45, 2.75) is 25.8 Å². The van der Waals surface area contributed by atoms with Crippen molar-refractivity contribution < 1.29 is 9.66 Å². The maximum absolute atomic E-state index is 11.0. The van der Waals surface area contributed by atoms with Gasteiger partial charge in [-0.15, -0.1) is 0 Å². The van der Waals surface area contributed by atoms with Gasteiger partial charge in [0.05, 0.1) is 17.6 Å². The lowest BCUT2D eigenvalue weighted by atomic mass is 10.1. The number of nitro groups is 1. The first-order valence-corrected chi connectivity index (χ1v) is 6.12. The van der Waals surface area contributed by atoms with Crippen LogP contribution in [-0.4, -0.2) is 24.7 Å². The summed E-state index contributed by atoms with van der Waals surface area (Å²) in [6.07, 6.45) is 2.33. The first-order valence-electron chi connectivity index (χ1n) is 6.12. The number of hydrogen-bond acceptors (Lipinski definition) is 4. The topological polar surface area (TPSA) is 64.4 Å². The minimum absolute atomic E-state index is 0.127. The number of nitrogens with one attached hydrogen (secondary N) is 1. The third-order valence-electron chi connectivity index (χ3n) is 3.23. The van der Waals surface area contributed by atoms with Crippen LogP contribution < -0.4 is 5.32 Å². The highest BCUT2D eigenvalue weighted by Crippen LogP contribution is 2.36. The van der Waals surface area contributed by atoms with Crippen molar-refractivity contribution in [3.8, 4) is 0 Å². The van der Waals surface area contributed by atoms with E-state index in [1.807, 2.05) is 13.0 Å². The molecule has 98 valence electrons. The lowest BCUT2D eigenvalue weighted by Gasteiger charge is -2.18. The van der Waals surface area contributed by atoms with E-state index in [1.54, 1.807) is 19.2 Å². The molecule has 18 heavy (non-hydrogen) atoms. The second-order valence-electron chi connectivity index (χ2n) is 4.82. The zero-order valence-electron chi connectivity index (χ0n) is 10.7. The normalized spacial score (nSPS) is 16.3. The number of hydrogen-bond donors (Lipinski definition) is 1. The molecule has 1 N–H and O–H groups in total. The second-order valence-corrected chi connectivity index (χ2v) is 4.82. The molecule has 0 heterocycles. The molecule has 1 atom stereocenters. The van der Waals surface area contributed by atoms with Crippen LogP contribution >= 0.6 is 0 Å². The van der Waals surface area contributed by atoms with E-state index in [2.05, 4.69) is 5.32 Å². The first kappa shape index (κ1) is 12.8. The van der Waals surface area contributed by atoms with Crippen LogP contribution in [0.25, 0.3) is 0 Å². The number of aryl methyl sites for hydroxylation is 1. The Bertz CT molecular complexity index is 444. The number of anilines is 1. The number of nitro benzene ring substituents is 1. The molecule has 0 amide bonds. The fourth-order valence-corrected chi connectivity index (χ4v) is 2.10. The van der Waals surface area contributed by atoms with Crippen LogP contribution in [0.4, 0.5) is 11.4 Å². The molecule has 0 aliphatic heterocycles. The van der Waals surface area contributed by atoms with Gasteiger partial charge in [-0.3, -0.25) is 10.1 Å². The van der Waals surface area contributed by atoms with Crippen molar-refractivity contribution in [3.05, 3.63) is 33.9 Å². The highest BCUT2D eigenvalue weighted by atomic mass is 16.6. The highest BCUT2D eigenvalue weighted by Gasteiger charge is 2.32. The molecule has 1 aliphatic carbocycles. The zero-order valence-corrected chi connectivity index (χ0v) is 10.7. The molecular formula is C13H18N2O3. The van der Waals surface area contributed by atoms with E-state index in [4.69, 9.17) is 4.74 Å². The van der Waals surface area contributed by atoms with Crippen LogP contribution in [0.1, 0.15) is 18.4 Å². The molecule has 1 aliphatic rings. The van der Waals surface area contributed by atoms with E-state index in [9.17, 15) is 10.1 Å². The number of benzene rings is 1. The molecule has 0 bridgehead atoms. The van der Waals surface area contributed by atoms with Gasteiger partial charge in [-0.1, -0.05) is 6.07 Å². The third kappa shape index (κ3) is 2.98. The molecule has 0 spiro atoms. The zero-order chi connectivity index (χ0) is 13.1. The standard InChI is InChI=1S/C13H18N2O3/c1-9-3-6-13(15(16)17)11(7-9)14-12(8-18-2)10-4-5-10/h3,6-7,10,12,14H,4-5,8H2,1-2H3. The van der Waals surface area contributed by atoms with Gasteiger partial charge in [-0.2, -0.15) is 0 Å². The van der Waals surface area contributed by atoms with E-state index in [0.717, 1.165) is 5.56 Å². The van der Waals surface area contributed by atoms with Gasteiger partial charge in [0, 0.05) is 13.2 Å². The highest BCUT2D eigenvalue weighted by molar-refractivity contribution is 5.63. The molecule has 1 fully saturated rings. The number of rotatable bonds is 6. The van der Waals surface area contributed by atoms with Gasteiger partial charge in [0.15, 0.2) is 0 Å². The van der Waals surface area contributed by atoms with E-state index in [1.165, 1.54) is 12.8 Å². The summed E-state index contributed by atoms with van der Waals surface area (Å²) in [6.45, 7) is 2.51. The summed E-state index contributed by atoms with van der Waals surface area (Å²) in [5, 5.41) is 14.3. The van der Waals surface area contributed by atoms with E-state index in [-0.39, 0.29) is 16.7 Å². The van der Waals surface area contributed by atoms with Gasteiger partial charge < -0.3 is 10.1 Å². The molecule has 0 saturated heterocycles. The van der Waals surface area contributed by atoms with Gasteiger partial charge in [0.1, 0.15) is 5.69 Å². The molecule has 1 aromatic rings. The van der Waals surface area contributed by atoms with Crippen molar-refractivity contribution in [1.82, 2.24) is 0 Å². The SMILES string of the molecule is COCC(Nc1cc(C)ccc1[N+](=O)[O-])C1CC1. The van der Waals surface area contributed by atoms with Crippen LogP contribution in [0.3, 0.4) is 0 Å². The summed E-state index contributed by atoms with van der Waals surface area (Å²) >= 11 is 0. The number of ether oxygens (including phenoxy) is 1. The van der Waals surface area contributed by atoms with Crippen LogP contribution in [-0.2, 0) is 4.74 Å². The Labute approximate surface area is 106 Å². The Morgan fingerprint density at radius 3 is 2.83 bits per heavy atom. The minimum atomic E-state index is -0.349. The minimum Gasteiger partial charge on any atom is -0.383 e. The molecule has 0 radical (unpaired) electrons. The Morgan fingerprint density at radius 2 is 2.28 bits per heavy atom. The van der Waals surface area contributed by atoms with E-state index in [0.29, 0.717) is 18.2 Å². The Morgan fingerprint density at radius 1 is 1.56 bits per heavy atom. The summed E-state index contributed by atoms with van der Waals surface area (Å²) in [6, 6.07) is 5.29. The molecule has 1 aromatic carbocycles. The smallest absolute Gasteiger partial charge is 0.292 e. The van der Waals surface area contributed by atoms with Crippen molar-refractivity contribution in [3.63, 3.8) is 0 Å². The van der Waals surface area contributed by atoms with E-state index >= 15 is 0 Å². The fraction of sp³-hybridized carbons (Fsp3) is 0.538. The Balaban J connectivity index is 2.20. The monoisotopic (exact) mass is 250 g/mol. The lowest BCUT2D eigenvalue weighted by Crippen LogP contribution is -2.27. The maximum atomic E-state index is 11.0.